The van der Waals surface area contributed by atoms with Gasteiger partial charge in [-0.15, -0.1) is 0 Å². The van der Waals surface area contributed by atoms with Gasteiger partial charge in [-0.2, -0.15) is 5.10 Å². The topological polar surface area (TPSA) is 61.0 Å². The molecule has 134 valence electrons. The van der Waals surface area contributed by atoms with Gasteiger partial charge in [-0.25, -0.2) is 0 Å². The lowest BCUT2D eigenvalue weighted by Gasteiger charge is -2.33. The van der Waals surface area contributed by atoms with E-state index >= 15 is 0 Å². The lowest BCUT2D eigenvalue weighted by Crippen LogP contribution is -2.47. The van der Waals surface area contributed by atoms with Gasteiger partial charge in [0.15, 0.2) is 0 Å². The number of piperidine rings is 1. The summed E-state index contributed by atoms with van der Waals surface area (Å²) in [5.74, 6) is 0.471. The molecule has 0 aliphatic carbocycles. The van der Waals surface area contributed by atoms with Crippen molar-refractivity contribution in [1.29, 1.82) is 0 Å². The minimum atomic E-state index is -0.0715. The number of benzene rings is 1. The number of aromatic nitrogens is 2. The van der Waals surface area contributed by atoms with Gasteiger partial charge >= 0.3 is 0 Å². The fraction of sp³-hybridized carbons (Fsp3) is 0.500. The maximum absolute atomic E-state index is 12.5. The Hall–Kier alpha value is -2.14. The van der Waals surface area contributed by atoms with Crippen LogP contribution in [0.4, 0.5) is 0 Å². The van der Waals surface area contributed by atoms with Crippen molar-refractivity contribution in [1.82, 2.24) is 20.4 Å². The molecular formula is C20H28N4O. The number of H-pyrrole nitrogens is 1. The second-order valence-corrected chi connectivity index (χ2v) is 7.41. The van der Waals surface area contributed by atoms with Crippen LogP contribution in [0.25, 0.3) is 0 Å². The molecule has 1 fully saturated rings. The van der Waals surface area contributed by atoms with Gasteiger partial charge in [0.1, 0.15) is 5.69 Å². The van der Waals surface area contributed by atoms with E-state index in [1.54, 1.807) is 0 Å². The van der Waals surface area contributed by atoms with Crippen molar-refractivity contribution >= 4 is 5.91 Å². The number of likely N-dealkylation sites (tertiary alicyclic amines) is 1. The number of hydrogen-bond donors (Lipinski definition) is 2. The Bertz CT molecular complexity index is 680. The Balaban J connectivity index is 1.53. The summed E-state index contributed by atoms with van der Waals surface area (Å²) in [6.45, 7) is 7.23. The van der Waals surface area contributed by atoms with Gasteiger partial charge in [-0.3, -0.25) is 14.8 Å². The van der Waals surface area contributed by atoms with Crippen LogP contribution in [0.15, 0.2) is 36.4 Å². The van der Waals surface area contributed by atoms with E-state index in [9.17, 15) is 4.79 Å². The average molecular weight is 340 g/mol. The van der Waals surface area contributed by atoms with Gasteiger partial charge in [0.05, 0.1) is 0 Å². The van der Waals surface area contributed by atoms with Crippen LogP contribution in [0.2, 0.25) is 0 Å². The molecule has 5 heteroatoms. The summed E-state index contributed by atoms with van der Waals surface area (Å²) in [7, 11) is 0. The Morgan fingerprint density at radius 1 is 1.36 bits per heavy atom. The SMILES string of the molecule is CC(C)Cc1cc(C(=O)NC2CCCN(Cc3ccccc3)C2)n[nH]1. The third kappa shape index (κ3) is 5.16. The van der Waals surface area contributed by atoms with Crippen LogP contribution in [0.1, 0.15) is 48.4 Å². The van der Waals surface area contributed by atoms with Crippen LogP contribution >= 0.6 is 0 Å². The quantitative estimate of drug-likeness (QED) is 0.850. The summed E-state index contributed by atoms with van der Waals surface area (Å²) in [5, 5.41) is 10.3. The highest BCUT2D eigenvalue weighted by molar-refractivity contribution is 5.92. The molecule has 0 radical (unpaired) electrons. The van der Waals surface area contributed by atoms with Crippen LogP contribution in [0.5, 0.6) is 0 Å². The fourth-order valence-corrected chi connectivity index (χ4v) is 3.44. The third-order valence-electron chi connectivity index (χ3n) is 4.58. The van der Waals surface area contributed by atoms with E-state index in [0.717, 1.165) is 44.6 Å². The van der Waals surface area contributed by atoms with Crippen molar-refractivity contribution in [3.8, 4) is 0 Å². The van der Waals surface area contributed by atoms with Gasteiger partial charge < -0.3 is 5.32 Å². The highest BCUT2D eigenvalue weighted by Crippen LogP contribution is 2.14. The molecule has 0 saturated carbocycles. The second kappa shape index (κ2) is 8.30. The molecule has 1 aliphatic rings. The van der Waals surface area contributed by atoms with E-state index in [1.165, 1.54) is 5.56 Å². The van der Waals surface area contributed by atoms with Crippen LogP contribution in [-0.4, -0.2) is 40.1 Å². The Labute approximate surface area is 149 Å². The first kappa shape index (κ1) is 17.7. The molecule has 1 atom stereocenters. The number of nitrogens with one attached hydrogen (secondary N) is 2. The molecule has 2 N–H and O–H groups in total. The molecule has 25 heavy (non-hydrogen) atoms. The van der Waals surface area contributed by atoms with Crippen molar-refractivity contribution in [2.45, 2.75) is 45.7 Å². The van der Waals surface area contributed by atoms with Crippen molar-refractivity contribution < 1.29 is 4.79 Å². The molecule has 3 rings (SSSR count). The van der Waals surface area contributed by atoms with Crippen LogP contribution in [0.3, 0.4) is 0 Å². The number of aromatic amines is 1. The molecule has 2 aromatic rings. The molecule has 5 nitrogen and oxygen atoms in total. The highest BCUT2D eigenvalue weighted by Gasteiger charge is 2.22. The molecule has 2 heterocycles. The maximum Gasteiger partial charge on any atom is 0.272 e. The summed E-state index contributed by atoms with van der Waals surface area (Å²) < 4.78 is 0. The fourth-order valence-electron chi connectivity index (χ4n) is 3.44. The number of carbonyl (C=O) groups excluding carboxylic acids is 1. The van der Waals surface area contributed by atoms with Gasteiger partial charge in [0.2, 0.25) is 0 Å². The molecule has 1 aliphatic heterocycles. The molecule has 1 saturated heterocycles. The smallest absolute Gasteiger partial charge is 0.272 e. The van der Waals surface area contributed by atoms with Gasteiger partial charge in [-0.1, -0.05) is 44.2 Å². The third-order valence-corrected chi connectivity index (χ3v) is 4.58. The van der Waals surface area contributed by atoms with Crippen molar-refractivity contribution in [2.75, 3.05) is 13.1 Å². The summed E-state index contributed by atoms with van der Waals surface area (Å²) in [6.07, 6.45) is 3.05. The lowest BCUT2D eigenvalue weighted by molar-refractivity contribution is 0.0895. The number of carbonyl (C=O) groups is 1. The van der Waals surface area contributed by atoms with E-state index in [2.05, 4.69) is 58.5 Å². The number of amides is 1. The Morgan fingerprint density at radius 3 is 2.92 bits per heavy atom. The predicted molar refractivity (Wildman–Crippen MR) is 99.3 cm³/mol. The monoisotopic (exact) mass is 340 g/mol. The second-order valence-electron chi connectivity index (χ2n) is 7.41. The molecule has 1 unspecified atom stereocenters. The molecule has 0 spiro atoms. The van der Waals surface area contributed by atoms with E-state index in [4.69, 9.17) is 0 Å². The maximum atomic E-state index is 12.5. The average Bonchev–Trinajstić information content (AvgIpc) is 3.04. The van der Waals surface area contributed by atoms with Gasteiger partial charge in [0.25, 0.3) is 5.91 Å². The highest BCUT2D eigenvalue weighted by atomic mass is 16.2. The first-order valence-corrected chi connectivity index (χ1v) is 9.21. The van der Waals surface area contributed by atoms with Crippen molar-refractivity contribution in [3.05, 3.63) is 53.3 Å². The van der Waals surface area contributed by atoms with Crippen molar-refractivity contribution in [3.63, 3.8) is 0 Å². The summed E-state index contributed by atoms with van der Waals surface area (Å²) >= 11 is 0. The predicted octanol–water partition coefficient (Wildman–Crippen LogP) is 3.00. The molecule has 1 aromatic carbocycles. The zero-order valence-corrected chi connectivity index (χ0v) is 15.2. The van der Waals surface area contributed by atoms with Crippen molar-refractivity contribution in [2.24, 2.45) is 5.92 Å². The standard InChI is InChI=1S/C20H28N4O/c1-15(2)11-18-12-19(23-22-18)20(25)21-17-9-6-10-24(14-17)13-16-7-4-3-5-8-16/h3-5,7-8,12,15,17H,6,9-11,13-14H2,1-2H3,(H,21,25)(H,22,23). The number of hydrogen-bond acceptors (Lipinski definition) is 3. The first-order valence-electron chi connectivity index (χ1n) is 9.21. The molecule has 1 aromatic heterocycles. The van der Waals surface area contributed by atoms with Crippen LogP contribution in [0, 0.1) is 5.92 Å². The van der Waals surface area contributed by atoms with Gasteiger partial charge in [0, 0.05) is 24.8 Å². The minimum Gasteiger partial charge on any atom is -0.347 e. The molecule has 1 amide bonds. The zero-order chi connectivity index (χ0) is 17.6. The normalized spacial score (nSPS) is 18.4. The Kier molecular flexibility index (Phi) is 5.87. The van der Waals surface area contributed by atoms with Crippen LogP contribution in [-0.2, 0) is 13.0 Å². The van der Waals surface area contributed by atoms with E-state index in [0.29, 0.717) is 11.6 Å². The summed E-state index contributed by atoms with van der Waals surface area (Å²) in [6, 6.07) is 12.6. The van der Waals surface area contributed by atoms with Crippen LogP contribution < -0.4 is 5.32 Å². The van der Waals surface area contributed by atoms with E-state index < -0.39 is 0 Å². The number of rotatable bonds is 6. The van der Waals surface area contributed by atoms with E-state index in [-0.39, 0.29) is 11.9 Å². The van der Waals surface area contributed by atoms with Gasteiger partial charge in [-0.05, 0) is 43.4 Å². The Morgan fingerprint density at radius 2 is 2.16 bits per heavy atom. The lowest BCUT2D eigenvalue weighted by atomic mass is 10.0. The summed E-state index contributed by atoms with van der Waals surface area (Å²) in [5.41, 5.74) is 2.84. The molecule has 0 bridgehead atoms. The zero-order valence-electron chi connectivity index (χ0n) is 15.2. The molecular weight excluding hydrogens is 312 g/mol. The first-order chi connectivity index (χ1) is 12.1. The van der Waals surface area contributed by atoms with E-state index in [1.807, 2.05) is 12.1 Å². The summed E-state index contributed by atoms with van der Waals surface area (Å²) in [4.78, 5) is 14.9. The number of nitrogens with zero attached hydrogens (tertiary/aromatic N) is 2. The largest absolute Gasteiger partial charge is 0.347 e. The minimum absolute atomic E-state index is 0.0715.